The number of anilines is 1. The van der Waals surface area contributed by atoms with E-state index in [0.717, 1.165) is 11.1 Å². The Balaban J connectivity index is 1.61. The minimum Gasteiger partial charge on any atom is -0.447 e. The third-order valence-electron chi connectivity index (χ3n) is 6.00. The summed E-state index contributed by atoms with van der Waals surface area (Å²) < 4.78 is 35.0. The molecule has 8 nitrogen and oxygen atoms in total. The van der Waals surface area contributed by atoms with Crippen molar-refractivity contribution >= 4 is 38.9 Å². The Kier molecular flexibility index (Phi) is 9.60. The zero-order valence-electron chi connectivity index (χ0n) is 24.3. The molecule has 0 aliphatic heterocycles. The van der Waals surface area contributed by atoms with Crippen LogP contribution in [0.4, 0.5) is 10.5 Å². The molecule has 0 aliphatic carbocycles. The molecule has 2 N–H and O–H groups in total. The van der Waals surface area contributed by atoms with Gasteiger partial charge in [-0.25, -0.2) is 22.9 Å². The maximum Gasteiger partial charge on any atom is 0.411 e. The molecule has 42 heavy (non-hydrogen) atoms. The van der Waals surface area contributed by atoms with Crippen molar-refractivity contribution in [3.05, 3.63) is 90.1 Å². The second kappa shape index (κ2) is 13.0. The van der Waals surface area contributed by atoms with Gasteiger partial charge in [-0.3, -0.25) is 10.1 Å². The quantitative estimate of drug-likeness (QED) is 0.183. The Bertz CT molecular complexity index is 1660. The molecule has 0 saturated heterocycles. The van der Waals surface area contributed by atoms with Crippen LogP contribution in [0.3, 0.4) is 0 Å². The summed E-state index contributed by atoms with van der Waals surface area (Å²) in [6, 6.07) is 21.5. The Hall–Kier alpha value is -3.86. The minimum absolute atomic E-state index is 0.00188. The highest BCUT2D eigenvalue weighted by molar-refractivity contribution is 7.89. The highest BCUT2D eigenvalue weighted by atomic mass is 32.2. The number of amides is 1. The number of rotatable bonds is 10. The molecule has 0 bridgehead atoms. The van der Waals surface area contributed by atoms with Gasteiger partial charge < -0.3 is 4.74 Å². The van der Waals surface area contributed by atoms with E-state index in [1.165, 1.54) is 11.3 Å². The van der Waals surface area contributed by atoms with Crippen LogP contribution in [-0.2, 0) is 21.2 Å². The number of thiazole rings is 1. The van der Waals surface area contributed by atoms with Crippen molar-refractivity contribution in [2.45, 2.75) is 64.0 Å². The SMILES string of the molecule is CC(C)OC(=O)Nc1ccc(-c2ncc(-c3ccc(CCC(=O)c4ccccc4)cc3S(=O)(=O)NC(C)(C)C)s2)cc1. The summed E-state index contributed by atoms with van der Waals surface area (Å²) in [6.45, 7) is 8.92. The number of ketones is 1. The average Bonchev–Trinajstić information content (AvgIpc) is 3.41. The molecule has 4 aromatic rings. The van der Waals surface area contributed by atoms with E-state index in [1.807, 2.05) is 36.4 Å². The standard InChI is InChI=1S/C32H35N3O5S2/c1-21(2)40-31(37)34-25-15-13-24(14-16-25)30-33-20-28(41-30)26-17-11-22(12-18-27(36)23-9-7-6-8-10-23)19-29(26)42(38,39)35-32(3,4)5/h6-11,13-17,19-21,35H,12,18H2,1-5H3,(H,34,37). The lowest BCUT2D eigenvalue weighted by atomic mass is 10.0. The van der Waals surface area contributed by atoms with Crippen LogP contribution < -0.4 is 10.0 Å². The molecular weight excluding hydrogens is 571 g/mol. The zero-order chi connectivity index (χ0) is 30.5. The first-order valence-electron chi connectivity index (χ1n) is 13.6. The second-order valence-electron chi connectivity index (χ2n) is 11.2. The summed E-state index contributed by atoms with van der Waals surface area (Å²) in [4.78, 5) is 29.9. The van der Waals surface area contributed by atoms with E-state index < -0.39 is 21.7 Å². The zero-order valence-corrected chi connectivity index (χ0v) is 25.9. The highest BCUT2D eigenvalue weighted by Crippen LogP contribution is 2.37. The first kappa shape index (κ1) is 31.1. The molecule has 0 aliphatic rings. The molecule has 1 heterocycles. The van der Waals surface area contributed by atoms with Crippen LogP contribution in [-0.4, -0.2) is 36.9 Å². The number of Topliss-reactive ketones (excluding diaryl/α,β-unsaturated/α-hetero) is 1. The fourth-order valence-electron chi connectivity index (χ4n) is 4.22. The number of carbonyl (C=O) groups excluding carboxylic acids is 2. The van der Waals surface area contributed by atoms with Crippen molar-refractivity contribution < 1.29 is 22.7 Å². The Morgan fingerprint density at radius 2 is 1.67 bits per heavy atom. The van der Waals surface area contributed by atoms with Gasteiger partial charge in [-0.05, 0) is 76.9 Å². The number of aromatic nitrogens is 1. The van der Waals surface area contributed by atoms with Gasteiger partial charge in [0.2, 0.25) is 10.0 Å². The minimum atomic E-state index is -3.90. The van der Waals surface area contributed by atoms with Crippen molar-refractivity contribution in [2.24, 2.45) is 0 Å². The topological polar surface area (TPSA) is 114 Å². The summed E-state index contributed by atoms with van der Waals surface area (Å²) in [6.07, 6.45) is 1.58. The number of hydrogen-bond acceptors (Lipinski definition) is 7. The van der Waals surface area contributed by atoms with Crippen molar-refractivity contribution in [3.8, 4) is 21.0 Å². The molecule has 1 amide bonds. The molecule has 3 aromatic carbocycles. The molecule has 10 heteroatoms. The van der Waals surface area contributed by atoms with Gasteiger partial charge in [-0.15, -0.1) is 11.3 Å². The summed E-state index contributed by atoms with van der Waals surface area (Å²) in [5, 5.41) is 3.38. The average molecular weight is 606 g/mol. The molecule has 0 atom stereocenters. The predicted molar refractivity (Wildman–Crippen MR) is 167 cm³/mol. The van der Waals surface area contributed by atoms with Crippen LogP contribution in [0.1, 0.15) is 57.0 Å². The van der Waals surface area contributed by atoms with E-state index in [2.05, 4.69) is 15.0 Å². The van der Waals surface area contributed by atoms with Crippen LogP contribution in [0.25, 0.3) is 21.0 Å². The lowest BCUT2D eigenvalue weighted by Gasteiger charge is -2.22. The second-order valence-corrected chi connectivity index (χ2v) is 13.8. The van der Waals surface area contributed by atoms with Gasteiger partial charge in [0.05, 0.1) is 15.9 Å². The van der Waals surface area contributed by atoms with Crippen LogP contribution >= 0.6 is 11.3 Å². The van der Waals surface area contributed by atoms with E-state index in [0.29, 0.717) is 33.1 Å². The molecule has 0 unspecified atom stereocenters. The van der Waals surface area contributed by atoms with Crippen molar-refractivity contribution in [2.75, 3.05) is 5.32 Å². The van der Waals surface area contributed by atoms with E-state index in [4.69, 9.17) is 4.74 Å². The molecule has 0 radical (unpaired) electrons. The number of nitrogens with one attached hydrogen (secondary N) is 2. The van der Waals surface area contributed by atoms with E-state index in [-0.39, 0.29) is 23.2 Å². The predicted octanol–water partition coefficient (Wildman–Crippen LogP) is 7.33. The van der Waals surface area contributed by atoms with E-state index in [9.17, 15) is 18.0 Å². The normalized spacial score (nSPS) is 11.9. The van der Waals surface area contributed by atoms with Crippen LogP contribution in [0.2, 0.25) is 0 Å². The Morgan fingerprint density at radius 3 is 2.31 bits per heavy atom. The molecule has 0 spiro atoms. The van der Waals surface area contributed by atoms with Crippen LogP contribution in [0.5, 0.6) is 0 Å². The van der Waals surface area contributed by atoms with Crippen LogP contribution in [0, 0.1) is 0 Å². The number of hydrogen-bond donors (Lipinski definition) is 2. The monoisotopic (exact) mass is 605 g/mol. The number of benzene rings is 3. The van der Waals surface area contributed by atoms with E-state index >= 15 is 0 Å². The summed E-state index contributed by atoms with van der Waals surface area (Å²) in [5.41, 5.74) is 2.63. The molecule has 1 aromatic heterocycles. The number of ether oxygens (including phenoxy) is 1. The number of aryl methyl sites for hydroxylation is 1. The van der Waals surface area contributed by atoms with Gasteiger partial charge in [0.25, 0.3) is 0 Å². The third-order valence-corrected chi connectivity index (χ3v) is 8.88. The van der Waals surface area contributed by atoms with Gasteiger partial charge in [0.1, 0.15) is 5.01 Å². The van der Waals surface area contributed by atoms with E-state index in [1.54, 1.807) is 77.2 Å². The third kappa shape index (κ3) is 8.34. The maximum absolute atomic E-state index is 13.6. The summed E-state index contributed by atoms with van der Waals surface area (Å²) >= 11 is 1.37. The van der Waals surface area contributed by atoms with Crippen LogP contribution in [0.15, 0.2) is 83.9 Å². The first-order valence-corrected chi connectivity index (χ1v) is 15.9. The van der Waals surface area contributed by atoms with Gasteiger partial charge in [0, 0.05) is 40.5 Å². The van der Waals surface area contributed by atoms with Gasteiger partial charge in [0.15, 0.2) is 5.78 Å². The van der Waals surface area contributed by atoms with Crippen molar-refractivity contribution in [3.63, 3.8) is 0 Å². The number of carbonyl (C=O) groups is 2. The smallest absolute Gasteiger partial charge is 0.411 e. The Morgan fingerprint density at radius 1 is 0.976 bits per heavy atom. The van der Waals surface area contributed by atoms with Gasteiger partial charge >= 0.3 is 6.09 Å². The van der Waals surface area contributed by atoms with Crippen molar-refractivity contribution in [1.29, 1.82) is 0 Å². The van der Waals surface area contributed by atoms with Gasteiger partial charge in [-0.1, -0.05) is 42.5 Å². The fourth-order valence-corrected chi connectivity index (χ4v) is 6.94. The lowest BCUT2D eigenvalue weighted by molar-refractivity contribution is 0.0982. The van der Waals surface area contributed by atoms with Crippen molar-refractivity contribution in [1.82, 2.24) is 9.71 Å². The molecule has 4 rings (SSSR count). The largest absolute Gasteiger partial charge is 0.447 e. The molecule has 0 fully saturated rings. The summed E-state index contributed by atoms with van der Waals surface area (Å²) in [7, 11) is -3.90. The molecule has 220 valence electrons. The Labute approximate surface area is 251 Å². The lowest BCUT2D eigenvalue weighted by Crippen LogP contribution is -2.40. The molecule has 0 saturated carbocycles. The number of sulfonamides is 1. The maximum atomic E-state index is 13.6. The first-order chi connectivity index (χ1) is 19.8. The summed E-state index contributed by atoms with van der Waals surface area (Å²) in [5.74, 6) is 0.00188. The fraction of sp³-hybridized carbons (Fsp3) is 0.281. The van der Waals surface area contributed by atoms with Gasteiger partial charge in [-0.2, -0.15) is 0 Å². The number of nitrogens with zero attached hydrogens (tertiary/aromatic N) is 1. The highest BCUT2D eigenvalue weighted by Gasteiger charge is 2.26. The molecular formula is C32H35N3O5S2.